The number of hydrogen-bond donors (Lipinski definition) is 0. The van der Waals surface area contributed by atoms with Crippen LogP contribution in [-0.2, 0) is 13.0 Å². The topological polar surface area (TPSA) is 30.7 Å². The molecule has 0 N–H and O–H groups in total. The van der Waals surface area contributed by atoms with Crippen LogP contribution in [0.1, 0.15) is 52.7 Å². The van der Waals surface area contributed by atoms with Crippen LogP contribution in [-0.4, -0.2) is 15.0 Å². The van der Waals surface area contributed by atoms with Crippen molar-refractivity contribution >= 4 is 0 Å². The largest absolute Gasteiger partial charge is 0.252 e. The summed E-state index contributed by atoms with van der Waals surface area (Å²) in [7, 11) is 0. The molecule has 1 aromatic heterocycles. The predicted molar refractivity (Wildman–Crippen MR) is 67.3 cm³/mol. The number of aromatic nitrogens is 3. The number of nitrogens with zero attached hydrogens (tertiary/aromatic N) is 3. The van der Waals surface area contributed by atoms with Crippen molar-refractivity contribution in [2.75, 3.05) is 0 Å². The predicted octanol–water partition coefficient (Wildman–Crippen LogP) is 3.30. The molecule has 0 amide bonds. The molecule has 1 atom stereocenters. The summed E-state index contributed by atoms with van der Waals surface area (Å²) in [5.41, 5.74) is 1.14. The molecule has 16 heavy (non-hydrogen) atoms. The number of rotatable bonds is 7. The Labute approximate surface area is 99.2 Å². The molecular weight excluding hydrogens is 198 g/mol. The highest BCUT2D eigenvalue weighted by Crippen LogP contribution is 2.09. The molecule has 1 aromatic rings. The fourth-order valence-electron chi connectivity index (χ4n) is 1.56. The van der Waals surface area contributed by atoms with E-state index in [1.165, 1.54) is 19.3 Å². The summed E-state index contributed by atoms with van der Waals surface area (Å²) in [6, 6.07) is 0. The molecule has 0 aliphatic heterocycles. The number of aryl methyl sites for hydroxylation is 2. The van der Waals surface area contributed by atoms with Gasteiger partial charge in [-0.15, -0.1) is 5.10 Å². The molecule has 0 aliphatic carbocycles. The standard InChI is InChI=1S/C13H25N3/c1-5-12(4)8-9-16-10-13(14-15-16)7-6-11(2)3/h10-12H,5-9H2,1-4H3. The van der Waals surface area contributed by atoms with Gasteiger partial charge in [0.05, 0.1) is 5.69 Å². The Kier molecular flexibility index (Phi) is 5.50. The Morgan fingerprint density at radius 1 is 1.25 bits per heavy atom. The van der Waals surface area contributed by atoms with Crippen molar-refractivity contribution in [2.24, 2.45) is 11.8 Å². The van der Waals surface area contributed by atoms with Gasteiger partial charge in [-0.25, -0.2) is 0 Å². The lowest BCUT2D eigenvalue weighted by Gasteiger charge is -2.06. The van der Waals surface area contributed by atoms with Gasteiger partial charge in [-0.2, -0.15) is 0 Å². The van der Waals surface area contributed by atoms with Crippen molar-refractivity contribution in [3.8, 4) is 0 Å². The van der Waals surface area contributed by atoms with Crippen LogP contribution in [0, 0.1) is 11.8 Å². The average molecular weight is 223 g/mol. The zero-order valence-corrected chi connectivity index (χ0v) is 11.1. The van der Waals surface area contributed by atoms with Crippen molar-refractivity contribution in [3.63, 3.8) is 0 Å². The van der Waals surface area contributed by atoms with Gasteiger partial charge in [0.1, 0.15) is 0 Å². The molecule has 0 fully saturated rings. The number of hydrogen-bond acceptors (Lipinski definition) is 2. The zero-order chi connectivity index (χ0) is 12.0. The van der Waals surface area contributed by atoms with E-state index >= 15 is 0 Å². The maximum Gasteiger partial charge on any atom is 0.0827 e. The average Bonchev–Trinajstić information content (AvgIpc) is 2.71. The molecule has 0 aliphatic rings. The Bertz CT molecular complexity index is 291. The third kappa shape index (κ3) is 4.77. The van der Waals surface area contributed by atoms with Crippen LogP contribution in [0.25, 0.3) is 0 Å². The van der Waals surface area contributed by atoms with E-state index in [1.54, 1.807) is 0 Å². The second kappa shape index (κ2) is 6.66. The fraction of sp³-hybridized carbons (Fsp3) is 0.846. The van der Waals surface area contributed by atoms with Crippen molar-refractivity contribution in [3.05, 3.63) is 11.9 Å². The van der Waals surface area contributed by atoms with Gasteiger partial charge in [0.2, 0.25) is 0 Å². The molecule has 3 heteroatoms. The van der Waals surface area contributed by atoms with Gasteiger partial charge in [0, 0.05) is 12.7 Å². The van der Waals surface area contributed by atoms with Crippen molar-refractivity contribution in [2.45, 2.75) is 59.9 Å². The summed E-state index contributed by atoms with van der Waals surface area (Å²) < 4.78 is 1.99. The van der Waals surface area contributed by atoms with Gasteiger partial charge < -0.3 is 0 Å². The molecule has 92 valence electrons. The quantitative estimate of drug-likeness (QED) is 0.710. The van der Waals surface area contributed by atoms with Crippen LogP contribution in [0.2, 0.25) is 0 Å². The molecule has 0 spiro atoms. The van der Waals surface area contributed by atoms with Crippen LogP contribution in [0.3, 0.4) is 0 Å². The zero-order valence-electron chi connectivity index (χ0n) is 11.1. The van der Waals surface area contributed by atoms with Crippen LogP contribution in [0.5, 0.6) is 0 Å². The molecule has 3 nitrogen and oxygen atoms in total. The third-order valence-corrected chi connectivity index (χ3v) is 3.11. The van der Waals surface area contributed by atoms with Crippen molar-refractivity contribution < 1.29 is 0 Å². The fourth-order valence-corrected chi connectivity index (χ4v) is 1.56. The van der Waals surface area contributed by atoms with E-state index in [0.29, 0.717) is 0 Å². The molecule has 0 saturated carbocycles. The molecule has 1 unspecified atom stereocenters. The van der Waals surface area contributed by atoms with Crippen LogP contribution in [0.15, 0.2) is 6.20 Å². The van der Waals surface area contributed by atoms with Gasteiger partial charge in [-0.3, -0.25) is 4.68 Å². The first-order chi connectivity index (χ1) is 7.61. The molecular formula is C13H25N3. The minimum absolute atomic E-state index is 0.741. The summed E-state index contributed by atoms with van der Waals surface area (Å²) in [5.74, 6) is 1.52. The van der Waals surface area contributed by atoms with E-state index in [2.05, 4.69) is 44.2 Å². The maximum atomic E-state index is 4.20. The van der Waals surface area contributed by atoms with Gasteiger partial charge >= 0.3 is 0 Å². The molecule has 0 radical (unpaired) electrons. The Balaban J connectivity index is 2.33. The molecule has 0 bridgehead atoms. The third-order valence-electron chi connectivity index (χ3n) is 3.11. The van der Waals surface area contributed by atoms with E-state index in [4.69, 9.17) is 0 Å². The first-order valence-electron chi connectivity index (χ1n) is 6.50. The maximum absolute atomic E-state index is 4.20. The van der Waals surface area contributed by atoms with E-state index in [9.17, 15) is 0 Å². The highest BCUT2D eigenvalue weighted by atomic mass is 15.4. The monoisotopic (exact) mass is 223 g/mol. The lowest BCUT2D eigenvalue weighted by molar-refractivity contribution is 0.443. The highest BCUT2D eigenvalue weighted by molar-refractivity contribution is 4.92. The van der Waals surface area contributed by atoms with Gasteiger partial charge in [0.15, 0.2) is 0 Å². The Morgan fingerprint density at radius 3 is 2.62 bits per heavy atom. The molecule has 0 saturated heterocycles. The minimum atomic E-state index is 0.741. The van der Waals surface area contributed by atoms with Gasteiger partial charge in [0.25, 0.3) is 0 Å². The SMILES string of the molecule is CCC(C)CCn1cc(CCC(C)C)nn1. The lowest BCUT2D eigenvalue weighted by atomic mass is 10.1. The summed E-state index contributed by atoms with van der Waals surface area (Å²) in [6.45, 7) is 10.0. The lowest BCUT2D eigenvalue weighted by Crippen LogP contribution is -2.03. The van der Waals surface area contributed by atoms with E-state index < -0.39 is 0 Å². The van der Waals surface area contributed by atoms with Crippen LogP contribution < -0.4 is 0 Å². The second-order valence-electron chi connectivity index (χ2n) is 5.21. The summed E-state index contributed by atoms with van der Waals surface area (Å²) in [6.07, 6.45) is 6.80. The first-order valence-corrected chi connectivity index (χ1v) is 6.50. The summed E-state index contributed by atoms with van der Waals surface area (Å²) in [5, 5.41) is 8.37. The van der Waals surface area contributed by atoms with Gasteiger partial charge in [-0.1, -0.05) is 39.3 Å². The first kappa shape index (κ1) is 13.2. The minimum Gasteiger partial charge on any atom is -0.252 e. The highest BCUT2D eigenvalue weighted by Gasteiger charge is 2.04. The molecule has 1 heterocycles. The van der Waals surface area contributed by atoms with Crippen LogP contribution >= 0.6 is 0 Å². The Hall–Kier alpha value is -0.860. The van der Waals surface area contributed by atoms with E-state index in [-0.39, 0.29) is 0 Å². The van der Waals surface area contributed by atoms with Crippen LogP contribution in [0.4, 0.5) is 0 Å². The molecule has 1 rings (SSSR count). The summed E-state index contributed by atoms with van der Waals surface area (Å²) in [4.78, 5) is 0. The van der Waals surface area contributed by atoms with Gasteiger partial charge in [-0.05, 0) is 31.1 Å². The Morgan fingerprint density at radius 2 is 2.00 bits per heavy atom. The van der Waals surface area contributed by atoms with E-state index in [0.717, 1.165) is 30.5 Å². The molecule has 0 aromatic carbocycles. The normalized spacial score (nSPS) is 13.3. The van der Waals surface area contributed by atoms with E-state index in [1.807, 2.05) is 4.68 Å². The summed E-state index contributed by atoms with van der Waals surface area (Å²) >= 11 is 0. The van der Waals surface area contributed by atoms with Crippen molar-refractivity contribution in [1.29, 1.82) is 0 Å². The van der Waals surface area contributed by atoms with Crippen molar-refractivity contribution in [1.82, 2.24) is 15.0 Å². The smallest absolute Gasteiger partial charge is 0.0827 e. The second-order valence-corrected chi connectivity index (χ2v) is 5.21.